The predicted molar refractivity (Wildman–Crippen MR) is 114 cm³/mol. The van der Waals surface area contributed by atoms with Gasteiger partial charge in [0.05, 0.1) is 18.2 Å². The molecule has 3 aromatic rings. The Morgan fingerprint density at radius 2 is 1.66 bits per heavy atom. The molecule has 0 fully saturated rings. The molecule has 2 amide bonds. The Balaban J connectivity index is 1.50. The van der Waals surface area contributed by atoms with E-state index >= 15 is 0 Å². The number of rotatable bonds is 8. The van der Waals surface area contributed by atoms with Crippen LogP contribution >= 0.6 is 11.8 Å². The average molecular weight is 410 g/mol. The summed E-state index contributed by atoms with van der Waals surface area (Å²) in [5, 5.41) is 14.6. The second-order valence-corrected chi connectivity index (χ2v) is 7.48. The maximum atomic E-state index is 12.2. The van der Waals surface area contributed by atoms with Crippen molar-refractivity contribution in [1.82, 2.24) is 20.1 Å². The number of benzene rings is 2. The highest BCUT2D eigenvalue weighted by atomic mass is 32.2. The predicted octanol–water partition coefficient (Wildman–Crippen LogP) is 2.97. The third-order valence-corrected chi connectivity index (χ3v) is 5.33. The number of amides is 2. The lowest BCUT2D eigenvalue weighted by Gasteiger charge is -2.14. The van der Waals surface area contributed by atoms with Crippen molar-refractivity contribution in [2.24, 2.45) is 7.05 Å². The summed E-state index contributed by atoms with van der Waals surface area (Å²) in [6.07, 6.45) is 0.107. The first-order valence-corrected chi connectivity index (χ1v) is 10.2. The van der Waals surface area contributed by atoms with E-state index in [0.717, 1.165) is 11.3 Å². The summed E-state index contributed by atoms with van der Waals surface area (Å²) in [6, 6.07) is 19.0. The zero-order valence-corrected chi connectivity index (χ0v) is 17.1. The summed E-state index contributed by atoms with van der Waals surface area (Å²) in [6.45, 7) is 1.95. The van der Waals surface area contributed by atoms with E-state index < -0.39 is 0 Å². The minimum atomic E-state index is -0.169. The van der Waals surface area contributed by atoms with Crippen LogP contribution < -0.4 is 10.6 Å². The Bertz CT molecular complexity index is 960. The molecule has 0 bridgehead atoms. The van der Waals surface area contributed by atoms with Crippen LogP contribution in [0.4, 0.5) is 5.69 Å². The number of thioether (sulfide) groups is 1. The topological polar surface area (TPSA) is 88.9 Å². The van der Waals surface area contributed by atoms with Gasteiger partial charge in [-0.3, -0.25) is 9.59 Å². The van der Waals surface area contributed by atoms with E-state index in [1.807, 2.05) is 67.6 Å². The van der Waals surface area contributed by atoms with Crippen molar-refractivity contribution in [2.45, 2.75) is 24.5 Å². The fourth-order valence-electron chi connectivity index (χ4n) is 2.73. The number of aromatic nitrogens is 3. The normalized spacial score (nSPS) is 11.7. The van der Waals surface area contributed by atoms with Gasteiger partial charge in [-0.25, -0.2) is 0 Å². The van der Waals surface area contributed by atoms with Gasteiger partial charge >= 0.3 is 0 Å². The summed E-state index contributed by atoms with van der Waals surface area (Å²) < 4.78 is 1.74. The number of nitrogens with one attached hydrogen (secondary N) is 2. The van der Waals surface area contributed by atoms with Crippen molar-refractivity contribution in [3.05, 3.63) is 72.1 Å². The van der Waals surface area contributed by atoms with E-state index in [2.05, 4.69) is 20.8 Å². The van der Waals surface area contributed by atoms with Gasteiger partial charge in [0, 0.05) is 12.7 Å². The Labute approximate surface area is 173 Å². The van der Waals surface area contributed by atoms with E-state index in [1.165, 1.54) is 11.8 Å². The molecule has 0 aliphatic rings. The molecule has 29 heavy (non-hydrogen) atoms. The molecule has 2 aromatic carbocycles. The summed E-state index contributed by atoms with van der Waals surface area (Å²) in [5.41, 5.74) is 1.79. The van der Waals surface area contributed by atoms with E-state index in [0.29, 0.717) is 11.0 Å². The van der Waals surface area contributed by atoms with Gasteiger partial charge < -0.3 is 15.2 Å². The number of hydrogen-bond acceptors (Lipinski definition) is 5. The molecule has 1 atom stereocenters. The monoisotopic (exact) mass is 409 g/mol. The van der Waals surface area contributed by atoms with Crippen LogP contribution in [0.3, 0.4) is 0 Å². The van der Waals surface area contributed by atoms with E-state index in [9.17, 15) is 9.59 Å². The molecule has 0 aliphatic heterocycles. The van der Waals surface area contributed by atoms with Gasteiger partial charge in [-0.1, -0.05) is 60.3 Å². The third-order valence-electron chi connectivity index (χ3n) is 4.31. The fourth-order valence-corrected chi connectivity index (χ4v) is 3.47. The number of hydrogen-bond donors (Lipinski definition) is 2. The number of para-hydroxylation sites is 1. The van der Waals surface area contributed by atoms with Gasteiger partial charge in [-0.15, -0.1) is 10.2 Å². The number of carbonyl (C=O) groups excluding carboxylic acids is 2. The van der Waals surface area contributed by atoms with Crippen molar-refractivity contribution >= 4 is 29.3 Å². The summed E-state index contributed by atoms with van der Waals surface area (Å²) in [7, 11) is 1.79. The number of carbonyl (C=O) groups is 2. The van der Waals surface area contributed by atoms with Crippen LogP contribution in [0.15, 0.2) is 65.8 Å². The summed E-state index contributed by atoms with van der Waals surface area (Å²) in [5.74, 6) is 0.508. The van der Waals surface area contributed by atoms with Gasteiger partial charge in [0.1, 0.15) is 5.82 Å². The molecule has 2 N–H and O–H groups in total. The van der Waals surface area contributed by atoms with E-state index in [-0.39, 0.29) is 30.0 Å². The van der Waals surface area contributed by atoms with Crippen molar-refractivity contribution in [3.8, 4) is 0 Å². The second-order valence-electron chi connectivity index (χ2n) is 6.54. The van der Waals surface area contributed by atoms with Gasteiger partial charge in [0.2, 0.25) is 11.8 Å². The van der Waals surface area contributed by atoms with Crippen LogP contribution in [0, 0.1) is 0 Å². The molecular formula is C21H23N5O2S. The lowest BCUT2D eigenvalue weighted by atomic mass is 10.1. The second kappa shape index (κ2) is 9.88. The maximum Gasteiger partial charge on any atom is 0.232 e. The highest BCUT2D eigenvalue weighted by molar-refractivity contribution is 7.99. The summed E-state index contributed by atoms with van der Waals surface area (Å²) >= 11 is 1.29. The Hall–Kier alpha value is -3.13. The minimum Gasteiger partial charge on any atom is -0.349 e. The Morgan fingerprint density at radius 3 is 2.34 bits per heavy atom. The smallest absolute Gasteiger partial charge is 0.232 e. The molecule has 1 unspecified atom stereocenters. The first-order valence-electron chi connectivity index (χ1n) is 9.23. The molecule has 150 valence electrons. The molecule has 0 saturated heterocycles. The molecule has 3 rings (SSSR count). The van der Waals surface area contributed by atoms with Gasteiger partial charge in [-0.05, 0) is 24.6 Å². The molecule has 7 nitrogen and oxygen atoms in total. The molecule has 0 aliphatic carbocycles. The number of anilines is 1. The fraction of sp³-hybridized carbons (Fsp3) is 0.238. The van der Waals surface area contributed by atoms with Crippen LogP contribution in [-0.4, -0.2) is 32.3 Å². The molecular weight excluding hydrogens is 386 g/mol. The van der Waals surface area contributed by atoms with E-state index in [1.54, 1.807) is 11.6 Å². The molecule has 0 radical (unpaired) electrons. The zero-order chi connectivity index (χ0) is 20.6. The van der Waals surface area contributed by atoms with Crippen molar-refractivity contribution < 1.29 is 9.59 Å². The zero-order valence-electron chi connectivity index (χ0n) is 16.3. The van der Waals surface area contributed by atoms with Crippen LogP contribution in [0.2, 0.25) is 0 Å². The van der Waals surface area contributed by atoms with Crippen LogP contribution in [-0.2, 0) is 23.1 Å². The minimum absolute atomic E-state index is 0.0685. The summed E-state index contributed by atoms with van der Waals surface area (Å²) in [4.78, 5) is 24.4. The average Bonchev–Trinajstić information content (AvgIpc) is 3.07. The van der Waals surface area contributed by atoms with E-state index in [4.69, 9.17) is 0 Å². The number of nitrogens with zero attached hydrogens (tertiary/aromatic N) is 3. The molecule has 0 saturated carbocycles. The van der Waals surface area contributed by atoms with Crippen molar-refractivity contribution in [2.75, 3.05) is 11.1 Å². The highest BCUT2D eigenvalue weighted by Crippen LogP contribution is 2.17. The largest absolute Gasteiger partial charge is 0.349 e. The lowest BCUT2D eigenvalue weighted by Crippen LogP contribution is -2.28. The Kier molecular flexibility index (Phi) is 7.02. The van der Waals surface area contributed by atoms with Gasteiger partial charge in [0.15, 0.2) is 5.16 Å². The molecule has 1 heterocycles. The van der Waals surface area contributed by atoms with Crippen LogP contribution in [0.1, 0.15) is 24.4 Å². The van der Waals surface area contributed by atoms with Crippen molar-refractivity contribution in [3.63, 3.8) is 0 Å². The first-order chi connectivity index (χ1) is 14.0. The maximum absolute atomic E-state index is 12.2. The Morgan fingerprint density at radius 1 is 1.00 bits per heavy atom. The molecule has 8 heteroatoms. The molecule has 1 aromatic heterocycles. The van der Waals surface area contributed by atoms with Gasteiger partial charge in [0.25, 0.3) is 0 Å². The third kappa shape index (κ3) is 5.92. The highest BCUT2D eigenvalue weighted by Gasteiger charge is 2.15. The SMILES string of the molecule is CC(NC(=O)CSc1nnc(CC(=O)Nc2ccccc2)n1C)c1ccccc1. The van der Waals surface area contributed by atoms with Crippen LogP contribution in [0.5, 0.6) is 0 Å². The van der Waals surface area contributed by atoms with Crippen molar-refractivity contribution in [1.29, 1.82) is 0 Å². The quantitative estimate of drug-likeness (QED) is 0.559. The van der Waals surface area contributed by atoms with Gasteiger partial charge in [-0.2, -0.15) is 0 Å². The van der Waals surface area contributed by atoms with Crippen LogP contribution in [0.25, 0.3) is 0 Å². The standard InChI is InChI=1S/C21H23N5O2S/c1-15(16-9-5-3-6-10-16)22-20(28)14-29-21-25-24-18(26(21)2)13-19(27)23-17-11-7-4-8-12-17/h3-12,15H,13-14H2,1-2H3,(H,22,28)(H,23,27). The lowest BCUT2D eigenvalue weighted by molar-refractivity contribution is -0.119. The molecule has 0 spiro atoms. The first kappa shape index (κ1) is 20.6.